The van der Waals surface area contributed by atoms with E-state index in [4.69, 9.17) is 16.3 Å². The summed E-state index contributed by atoms with van der Waals surface area (Å²) >= 11 is 6.14. The van der Waals surface area contributed by atoms with Gasteiger partial charge in [-0.1, -0.05) is 31.4 Å². The molecule has 0 aliphatic heterocycles. The zero-order valence-corrected chi connectivity index (χ0v) is 11.7. The first-order chi connectivity index (χ1) is 8.08. The van der Waals surface area contributed by atoms with Crippen molar-refractivity contribution < 1.29 is 4.74 Å². The van der Waals surface area contributed by atoms with Gasteiger partial charge in [-0.15, -0.1) is 5.92 Å². The molecule has 92 valence electrons. The molecule has 0 radical (unpaired) electrons. The Labute approximate surface area is 109 Å². The third kappa shape index (κ3) is 3.98. The van der Waals surface area contributed by atoms with Gasteiger partial charge in [0.1, 0.15) is 5.75 Å². The predicted molar refractivity (Wildman–Crippen MR) is 73.7 cm³/mol. The van der Waals surface area contributed by atoms with E-state index >= 15 is 0 Å². The van der Waals surface area contributed by atoms with Crippen LogP contribution in [0.25, 0.3) is 0 Å². The van der Waals surface area contributed by atoms with E-state index in [1.165, 1.54) is 0 Å². The SMILES string of the molecule is CCC#CC(C)Cc1cc(Cl)c(C)cc1OC. The molecule has 1 rings (SSSR count). The maximum absolute atomic E-state index is 6.14. The fourth-order valence-corrected chi connectivity index (χ4v) is 1.89. The highest BCUT2D eigenvalue weighted by molar-refractivity contribution is 6.31. The molecule has 0 aliphatic carbocycles. The summed E-state index contributed by atoms with van der Waals surface area (Å²) in [6.07, 6.45) is 1.77. The van der Waals surface area contributed by atoms with Crippen LogP contribution in [-0.4, -0.2) is 7.11 Å². The Morgan fingerprint density at radius 1 is 1.41 bits per heavy atom. The van der Waals surface area contributed by atoms with Crippen LogP contribution in [0.15, 0.2) is 12.1 Å². The Morgan fingerprint density at radius 2 is 2.12 bits per heavy atom. The molecule has 0 aliphatic rings. The Bertz CT molecular complexity index is 440. The molecule has 0 bridgehead atoms. The first kappa shape index (κ1) is 13.9. The number of benzene rings is 1. The molecule has 1 atom stereocenters. The minimum Gasteiger partial charge on any atom is -0.496 e. The van der Waals surface area contributed by atoms with E-state index in [1.54, 1.807) is 7.11 Å². The summed E-state index contributed by atoms with van der Waals surface area (Å²) in [5.41, 5.74) is 2.17. The molecule has 0 saturated heterocycles. The van der Waals surface area contributed by atoms with Crippen LogP contribution in [0.3, 0.4) is 0 Å². The number of hydrogen-bond acceptors (Lipinski definition) is 1. The summed E-state index contributed by atoms with van der Waals surface area (Å²) in [5.74, 6) is 7.55. The first-order valence-corrected chi connectivity index (χ1v) is 6.27. The second kappa shape index (κ2) is 6.57. The van der Waals surface area contributed by atoms with E-state index in [9.17, 15) is 0 Å². The number of halogens is 1. The van der Waals surface area contributed by atoms with Gasteiger partial charge < -0.3 is 4.74 Å². The summed E-state index contributed by atoms with van der Waals surface area (Å²) in [6, 6.07) is 3.97. The monoisotopic (exact) mass is 250 g/mol. The third-order valence-electron chi connectivity index (χ3n) is 2.61. The van der Waals surface area contributed by atoms with Crippen LogP contribution in [-0.2, 0) is 6.42 Å². The molecule has 0 aromatic heterocycles. The van der Waals surface area contributed by atoms with Gasteiger partial charge in [-0.2, -0.15) is 0 Å². The lowest BCUT2D eigenvalue weighted by Gasteiger charge is -2.12. The zero-order valence-electron chi connectivity index (χ0n) is 10.9. The molecule has 1 aromatic rings. The molecule has 1 aromatic carbocycles. The van der Waals surface area contributed by atoms with Crippen LogP contribution in [0.5, 0.6) is 5.75 Å². The first-order valence-electron chi connectivity index (χ1n) is 5.89. The fourth-order valence-electron chi connectivity index (χ4n) is 1.70. The summed E-state index contributed by atoms with van der Waals surface area (Å²) in [4.78, 5) is 0. The molecule has 0 fully saturated rings. The van der Waals surface area contributed by atoms with E-state index in [2.05, 4.69) is 25.7 Å². The van der Waals surface area contributed by atoms with Gasteiger partial charge in [0.2, 0.25) is 0 Å². The van der Waals surface area contributed by atoms with E-state index < -0.39 is 0 Å². The lowest BCUT2D eigenvalue weighted by atomic mass is 9.99. The molecule has 2 heteroatoms. The second-order valence-electron chi connectivity index (χ2n) is 4.19. The van der Waals surface area contributed by atoms with Gasteiger partial charge in [0.15, 0.2) is 0 Å². The van der Waals surface area contributed by atoms with Crippen LogP contribution in [0.1, 0.15) is 31.4 Å². The van der Waals surface area contributed by atoms with Gasteiger partial charge >= 0.3 is 0 Å². The van der Waals surface area contributed by atoms with Gasteiger partial charge in [-0.25, -0.2) is 0 Å². The van der Waals surface area contributed by atoms with Gasteiger partial charge in [0.05, 0.1) is 7.11 Å². The van der Waals surface area contributed by atoms with Crippen LogP contribution in [0, 0.1) is 24.7 Å². The van der Waals surface area contributed by atoms with Gasteiger partial charge in [0.25, 0.3) is 0 Å². The highest BCUT2D eigenvalue weighted by Gasteiger charge is 2.09. The van der Waals surface area contributed by atoms with Crippen molar-refractivity contribution in [1.82, 2.24) is 0 Å². The van der Waals surface area contributed by atoms with Gasteiger partial charge in [0, 0.05) is 17.4 Å². The predicted octanol–water partition coefficient (Wildman–Crippen LogP) is 4.25. The highest BCUT2D eigenvalue weighted by atomic mass is 35.5. The van der Waals surface area contributed by atoms with Crippen molar-refractivity contribution in [3.63, 3.8) is 0 Å². The highest BCUT2D eigenvalue weighted by Crippen LogP contribution is 2.28. The van der Waals surface area contributed by atoms with Crippen molar-refractivity contribution >= 4 is 11.6 Å². The number of rotatable bonds is 3. The van der Waals surface area contributed by atoms with E-state index in [1.807, 2.05) is 19.1 Å². The summed E-state index contributed by atoms with van der Waals surface area (Å²) in [5, 5.41) is 0.788. The minimum absolute atomic E-state index is 0.322. The van der Waals surface area contributed by atoms with Crippen LogP contribution in [0.4, 0.5) is 0 Å². The van der Waals surface area contributed by atoms with Crippen LogP contribution >= 0.6 is 11.6 Å². The Balaban J connectivity index is 2.93. The molecule has 0 saturated carbocycles. The molecule has 1 nitrogen and oxygen atoms in total. The standard InChI is InChI=1S/C15H19ClO/c1-5-6-7-11(2)8-13-10-14(16)12(3)9-15(13)17-4/h9-11H,5,8H2,1-4H3. The van der Waals surface area contributed by atoms with Crippen molar-refractivity contribution in [2.75, 3.05) is 7.11 Å². The van der Waals surface area contributed by atoms with E-state index in [0.717, 1.165) is 34.7 Å². The third-order valence-corrected chi connectivity index (χ3v) is 3.02. The molecular formula is C15H19ClO. The lowest BCUT2D eigenvalue weighted by molar-refractivity contribution is 0.408. The van der Waals surface area contributed by atoms with E-state index in [-0.39, 0.29) is 0 Å². The minimum atomic E-state index is 0.322. The quantitative estimate of drug-likeness (QED) is 0.729. The summed E-state index contributed by atoms with van der Waals surface area (Å²) < 4.78 is 5.38. The Hall–Kier alpha value is -1.13. The van der Waals surface area contributed by atoms with Crippen molar-refractivity contribution in [3.05, 3.63) is 28.3 Å². The smallest absolute Gasteiger partial charge is 0.122 e. The number of aryl methyl sites for hydroxylation is 1. The molecule has 0 heterocycles. The second-order valence-corrected chi connectivity index (χ2v) is 4.60. The number of hydrogen-bond donors (Lipinski definition) is 0. The topological polar surface area (TPSA) is 9.23 Å². The molecule has 0 N–H and O–H groups in total. The van der Waals surface area contributed by atoms with Crippen LogP contribution < -0.4 is 4.74 Å². The van der Waals surface area contributed by atoms with E-state index in [0.29, 0.717) is 5.92 Å². The fraction of sp³-hybridized carbons (Fsp3) is 0.467. The van der Waals surface area contributed by atoms with Crippen LogP contribution in [0.2, 0.25) is 5.02 Å². The summed E-state index contributed by atoms with van der Waals surface area (Å²) in [6.45, 7) is 6.16. The van der Waals surface area contributed by atoms with Crippen molar-refractivity contribution in [2.45, 2.75) is 33.6 Å². The zero-order chi connectivity index (χ0) is 12.8. The average Bonchev–Trinajstić information content (AvgIpc) is 2.31. The van der Waals surface area contributed by atoms with Crippen molar-refractivity contribution in [3.8, 4) is 17.6 Å². The van der Waals surface area contributed by atoms with Crippen molar-refractivity contribution in [2.24, 2.45) is 5.92 Å². The lowest BCUT2D eigenvalue weighted by Crippen LogP contribution is -2.00. The molecular weight excluding hydrogens is 232 g/mol. The Kier molecular flexibility index (Phi) is 5.38. The number of ether oxygens (including phenoxy) is 1. The molecule has 1 unspecified atom stereocenters. The molecule has 0 amide bonds. The van der Waals surface area contributed by atoms with Gasteiger partial charge in [-0.05, 0) is 36.6 Å². The normalized spacial score (nSPS) is 11.6. The summed E-state index contributed by atoms with van der Waals surface area (Å²) in [7, 11) is 1.69. The maximum atomic E-state index is 6.14. The van der Waals surface area contributed by atoms with Gasteiger partial charge in [-0.3, -0.25) is 0 Å². The maximum Gasteiger partial charge on any atom is 0.122 e. The van der Waals surface area contributed by atoms with Crippen molar-refractivity contribution in [1.29, 1.82) is 0 Å². The Morgan fingerprint density at radius 3 is 2.71 bits per heavy atom. The number of methoxy groups -OCH3 is 1. The molecule has 17 heavy (non-hydrogen) atoms. The average molecular weight is 251 g/mol. The largest absolute Gasteiger partial charge is 0.496 e. The molecule has 0 spiro atoms.